The van der Waals surface area contributed by atoms with Crippen LogP contribution < -0.4 is 10.1 Å². The van der Waals surface area contributed by atoms with Crippen LogP contribution in [-0.2, 0) is 16.0 Å². The Hall–Kier alpha value is -1.92. The zero-order valence-corrected chi connectivity index (χ0v) is 18.4. The quantitative estimate of drug-likeness (QED) is 0.739. The topological polar surface area (TPSA) is 84.9 Å². The van der Waals surface area contributed by atoms with Crippen LogP contribution in [0.3, 0.4) is 0 Å². The molecule has 2 heterocycles. The van der Waals surface area contributed by atoms with Crippen LogP contribution in [0.5, 0.6) is 5.75 Å². The van der Waals surface area contributed by atoms with Crippen LogP contribution in [0.4, 0.5) is 0 Å². The Kier molecular flexibility index (Phi) is 4.05. The molecule has 2 N–H and O–H groups in total. The Morgan fingerprint density at radius 1 is 1.20 bits per heavy atom. The molecule has 0 bridgehead atoms. The first kappa shape index (κ1) is 20.0. The van der Waals surface area contributed by atoms with Crippen molar-refractivity contribution < 1.29 is 24.2 Å². The van der Waals surface area contributed by atoms with Crippen molar-refractivity contribution in [2.75, 3.05) is 7.11 Å². The fourth-order valence-electron chi connectivity index (χ4n) is 7.03. The van der Waals surface area contributed by atoms with Gasteiger partial charge in [0.05, 0.1) is 11.1 Å². The molecule has 2 aliphatic carbocycles. The van der Waals surface area contributed by atoms with Gasteiger partial charge in [0.25, 0.3) is 5.91 Å². The molecule has 0 unspecified atom stereocenters. The lowest BCUT2D eigenvalue weighted by Crippen LogP contribution is -2.72. The van der Waals surface area contributed by atoms with E-state index in [4.69, 9.17) is 9.47 Å². The summed E-state index contributed by atoms with van der Waals surface area (Å²) in [5, 5.41) is 13.2. The number of carbonyl (C=O) groups excluding carboxylic acids is 2. The fraction of sp³-hybridized carbons (Fsp3) is 0.667. The van der Waals surface area contributed by atoms with E-state index in [0.29, 0.717) is 29.2 Å². The number of aliphatic hydroxyl groups is 1. The first-order valence-corrected chi connectivity index (χ1v) is 11.0. The number of nitrogens with one attached hydrogen (secondary N) is 1. The number of hydrogen-bond acceptors (Lipinski definition) is 5. The van der Waals surface area contributed by atoms with E-state index < -0.39 is 23.3 Å². The molecular formula is C24H31NO5. The van der Waals surface area contributed by atoms with Crippen molar-refractivity contribution in [1.29, 1.82) is 0 Å². The van der Waals surface area contributed by atoms with E-state index in [1.807, 2.05) is 19.9 Å². The summed E-state index contributed by atoms with van der Waals surface area (Å²) in [4.78, 5) is 25.5. The second-order valence-corrected chi connectivity index (χ2v) is 10.5. The second kappa shape index (κ2) is 6.07. The lowest BCUT2D eigenvalue weighted by molar-refractivity contribution is -0.226. The van der Waals surface area contributed by atoms with Gasteiger partial charge in [0, 0.05) is 30.3 Å². The predicted octanol–water partition coefficient (Wildman–Crippen LogP) is 3.16. The van der Waals surface area contributed by atoms with E-state index in [1.165, 1.54) is 0 Å². The van der Waals surface area contributed by atoms with Crippen molar-refractivity contribution in [2.24, 2.45) is 22.7 Å². The summed E-state index contributed by atoms with van der Waals surface area (Å²) in [7, 11) is 1.60. The largest absolute Gasteiger partial charge is 0.485 e. The summed E-state index contributed by atoms with van der Waals surface area (Å²) in [6.07, 6.45) is 1.65. The lowest BCUT2D eigenvalue weighted by atomic mass is 9.43. The average Bonchev–Trinajstić information content (AvgIpc) is 2.98. The Morgan fingerprint density at radius 3 is 2.63 bits per heavy atom. The van der Waals surface area contributed by atoms with Crippen LogP contribution in [0, 0.1) is 22.7 Å². The minimum Gasteiger partial charge on any atom is -0.485 e. The second-order valence-electron chi connectivity index (χ2n) is 10.5. The molecule has 1 spiro atoms. The summed E-state index contributed by atoms with van der Waals surface area (Å²) in [5.41, 5.74) is 0.658. The maximum Gasteiger partial charge on any atom is 0.254 e. The van der Waals surface area contributed by atoms with Gasteiger partial charge < -0.3 is 19.9 Å². The standard InChI is InChI=1S/C24H31NO5/c1-12-6-9-16-22(2,3)19(26)15(29-5)11-24(16)23(12,4)10-13-7-8-14-17(18(13)30-24)21(28)25-20(14)27/h7-8,12,15-16,21,28H,6,9-11H2,1-5H3,(H,25,27)/t12-,15+,16-,21+,23+,24-/m0/s1. The predicted molar refractivity (Wildman–Crippen MR) is 110 cm³/mol. The first-order chi connectivity index (χ1) is 14.1. The van der Waals surface area contributed by atoms with E-state index in [2.05, 4.69) is 19.2 Å². The number of rotatable bonds is 1. The number of aliphatic hydroxyl groups excluding tert-OH is 1. The van der Waals surface area contributed by atoms with Crippen LogP contribution in [-0.4, -0.2) is 35.6 Å². The number of ether oxygens (including phenoxy) is 2. The smallest absolute Gasteiger partial charge is 0.254 e. The molecule has 0 saturated heterocycles. The molecule has 2 aliphatic heterocycles. The van der Waals surface area contributed by atoms with Crippen LogP contribution in [0.1, 0.15) is 74.7 Å². The molecule has 0 radical (unpaired) electrons. The highest BCUT2D eigenvalue weighted by Crippen LogP contribution is 2.65. The zero-order chi connectivity index (χ0) is 21.6. The minimum absolute atomic E-state index is 0.0383. The molecular weight excluding hydrogens is 382 g/mol. The average molecular weight is 414 g/mol. The Morgan fingerprint density at radius 2 is 1.93 bits per heavy atom. The summed E-state index contributed by atoms with van der Waals surface area (Å²) in [5.74, 6) is 0.923. The van der Waals surface area contributed by atoms with Gasteiger partial charge in [-0.05, 0) is 36.8 Å². The first-order valence-electron chi connectivity index (χ1n) is 11.0. The Labute approximate surface area is 177 Å². The molecule has 6 atom stereocenters. The highest BCUT2D eigenvalue weighted by atomic mass is 16.5. The number of methoxy groups -OCH3 is 1. The van der Waals surface area contributed by atoms with Gasteiger partial charge >= 0.3 is 0 Å². The summed E-state index contributed by atoms with van der Waals surface area (Å²) >= 11 is 0. The van der Waals surface area contributed by atoms with Crippen molar-refractivity contribution in [3.05, 3.63) is 28.8 Å². The molecule has 1 aromatic carbocycles. The molecule has 2 fully saturated rings. The molecule has 5 rings (SSSR count). The number of ketones is 1. The van der Waals surface area contributed by atoms with Gasteiger partial charge in [-0.3, -0.25) is 9.59 Å². The van der Waals surface area contributed by atoms with Crippen molar-refractivity contribution in [3.8, 4) is 5.75 Å². The maximum atomic E-state index is 13.2. The number of benzene rings is 1. The van der Waals surface area contributed by atoms with Crippen LogP contribution in [0.25, 0.3) is 0 Å². The van der Waals surface area contributed by atoms with Crippen LogP contribution in [0.2, 0.25) is 0 Å². The van der Waals surface area contributed by atoms with Gasteiger partial charge in [-0.2, -0.15) is 0 Å². The van der Waals surface area contributed by atoms with E-state index in [0.717, 1.165) is 24.8 Å². The minimum atomic E-state index is -1.07. The highest BCUT2D eigenvalue weighted by molar-refractivity contribution is 6.00. The lowest BCUT2D eigenvalue weighted by Gasteiger charge is -2.66. The van der Waals surface area contributed by atoms with Gasteiger partial charge in [-0.1, -0.05) is 33.8 Å². The third kappa shape index (κ3) is 2.21. The monoisotopic (exact) mass is 413 g/mol. The SMILES string of the molecule is CO[C@@H]1C[C@@]23Oc4c(ccc5c4[C@@H](O)NC5=O)C[C@]2(C)[C@@H](C)CC[C@H]3C(C)(C)C1=O. The molecule has 1 aromatic rings. The number of carbonyl (C=O) groups is 2. The maximum absolute atomic E-state index is 13.2. The third-order valence-corrected chi connectivity index (χ3v) is 8.98. The summed E-state index contributed by atoms with van der Waals surface area (Å²) in [6.45, 7) is 8.62. The van der Waals surface area contributed by atoms with Crippen molar-refractivity contribution in [2.45, 2.75) is 71.3 Å². The van der Waals surface area contributed by atoms with E-state index in [-0.39, 0.29) is 23.0 Å². The number of amides is 1. The number of Topliss-reactive ketones (excluding diaryl/α,β-unsaturated/α-hetero) is 1. The molecule has 4 aliphatic rings. The molecule has 162 valence electrons. The fourth-order valence-corrected chi connectivity index (χ4v) is 7.03. The molecule has 6 nitrogen and oxygen atoms in total. The van der Waals surface area contributed by atoms with Crippen molar-refractivity contribution in [3.63, 3.8) is 0 Å². The van der Waals surface area contributed by atoms with Gasteiger partial charge in [0.15, 0.2) is 12.0 Å². The highest BCUT2D eigenvalue weighted by Gasteiger charge is 2.70. The van der Waals surface area contributed by atoms with Gasteiger partial charge in [-0.15, -0.1) is 0 Å². The zero-order valence-electron chi connectivity index (χ0n) is 18.4. The van der Waals surface area contributed by atoms with Crippen molar-refractivity contribution >= 4 is 11.7 Å². The summed E-state index contributed by atoms with van der Waals surface area (Å²) in [6, 6.07) is 3.76. The number of fused-ring (bicyclic) bond motifs is 3. The molecule has 2 saturated carbocycles. The Balaban J connectivity index is 1.74. The third-order valence-electron chi connectivity index (χ3n) is 8.98. The van der Waals surface area contributed by atoms with E-state index in [9.17, 15) is 14.7 Å². The van der Waals surface area contributed by atoms with Crippen LogP contribution >= 0.6 is 0 Å². The van der Waals surface area contributed by atoms with Gasteiger partial charge in [0.2, 0.25) is 0 Å². The Bertz CT molecular complexity index is 955. The van der Waals surface area contributed by atoms with Crippen LogP contribution in [0.15, 0.2) is 12.1 Å². The molecule has 6 heteroatoms. The van der Waals surface area contributed by atoms with Gasteiger partial charge in [-0.25, -0.2) is 0 Å². The number of hydrogen-bond donors (Lipinski definition) is 2. The summed E-state index contributed by atoms with van der Waals surface area (Å²) < 4.78 is 12.7. The van der Waals surface area contributed by atoms with E-state index in [1.54, 1.807) is 13.2 Å². The van der Waals surface area contributed by atoms with Gasteiger partial charge in [0.1, 0.15) is 17.5 Å². The van der Waals surface area contributed by atoms with E-state index >= 15 is 0 Å². The van der Waals surface area contributed by atoms with Crippen molar-refractivity contribution in [1.82, 2.24) is 5.32 Å². The normalized spacial score (nSPS) is 41.1. The molecule has 0 aromatic heterocycles. The molecule has 30 heavy (non-hydrogen) atoms. The molecule has 1 amide bonds.